The quantitative estimate of drug-likeness (QED) is 0.796. The second kappa shape index (κ2) is 5.91. The molecule has 1 aromatic heterocycles. The van der Waals surface area contributed by atoms with Crippen molar-refractivity contribution in [2.24, 2.45) is 0 Å². The molecule has 2 unspecified atom stereocenters. The summed E-state index contributed by atoms with van der Waals surface area (Å²) in [4.78, 5) is 10.4. The molecule has 18 heavy (non-hydrogen) atoms. The standard InChI is InChI=1S/C9H13NO5S3/c1-6(17(2)13)5-10-18(14,15)7-3-4-16-8(7)9(11)12/h3-4,6,10H,5H2,1-2H3,(H,11,12). The third-order valence-electron chi connectivity index (χ3n) is 2.24. The number of carbonyl (C=O) groups is 1. The van der Waals surface area contributed by atoms with Crippen LogP contribution in [0.4, 0.5) is 0 Å². The van der Waals surface area contributed by atoms with E-state index in [1.165, 1.54) is 17.7 Å². The number of sulfonamides is 1. The summed E-state index contributed by atoms with van der Waals surface area (Å²) >= 11 is 0.846. The summed E-state index contributed by atoms with van der Waals surface area (Å²) in [5.41, 5.74) is 0. The molecule has 1 aromatic rings. The number of rotatable bonds is 6. The van der Waals surface area contributed by atoms with Crippen molar-refractivity contribution in [2.75, 3.05) is 12.8 Å². The lowest BCUT2D eigenvalue weighted by molar-refractivity contribution is 0.0698. The van der Waals surface area contributed by atoms with Gasteiger partial charge >= 0.3 is 5.97 Å². The number of carboxylic acid groups (broad SMARTS) is 1. The molecule has 6 nitrogen and oxygen atoms in total. The Balaban J connectivity index is 2.90. The van der Waals surface area contributed by atoms with Gasteiger partial charge in [0.25, 0.3) is 0 Å². The first-order valence-electron chi connectivity index (χ1n) is 4.88. The molecule has 2 N–H and O–H groups in total. The molecule has 0 fully saturated rings. The summed E-state index contributed by atoms with van der Waals surface area (Å²) in [5, 5.41) is 9.91. The third-order valence-corrected chi connectivity index (χ3v) is 6.04. The monoisotopic (exact) mass is 311 g/mol. The molecular formula is C9H13NO5S3. The van der Waals surface area contributed by atoms with Gasteiger partial charge in [-0.1, -0.05) is 0 Å². The first-order valence-corrected chi connectivity index (χ1v) is 8.86. The van der Waals surface area contributed by atoms with E-state index in [4.69, 9.17) is 5.11 Å². The Labute approximate surface area is 112 Å². The van der Waals surface area contributed by atoms with Crippen LogP contribution in [0, 0.1) is 0 Å². The average Bonchev–Trinajstić information content (AvgIpc) is 2.75. The fraction of sp³-hybridized carbons (Fsp3) is 0.444. The summed E-state index contributed by atoms with van der Waals surface area (Å²) in [5.74, 6) is -1.28. The highest BCUT2D eigenvalue weighted by molar-refractivity contribution is 7.90. The normalized spacial score (nSPS) is 15.2. The topological polar surface area (TPSA) is 101 Å². The van der Waals surface area contributed by atoms with Crippen molar-refractivity contribution >= 4 is 38.1 Å². The molecule has 0 radical (unpaired) electrons. The van der Waals surface area contributed by atoms with Gasteiger partial charge in [-0.05, 0) is 18.4 Å². The highest BCUT2D eigenvalue weighted by Gasteiger charge is 2.24. The predicted octanol–water partition coefficient (Wildman–Crippen LogP) is 0.492. The van der Waals surface area contributed by atoms with Gasteiger partial charge in [0.1, 0.15) is 9.77 Å². The van der Waals surface area contributed by atoms with Crippen molar-refractivity contribution in [3.05, 3.63) is 16.3 Å². The summed E-state index contributed by atoms with van der Waals surface area (Å²) in [7, 11) is -5.02. The SMILES string of the molecule is CC(CNS(=O)(=O)c1ccsc1C(=O)O)S(C)=O. The van der Waals surface area contributed by atoms with Crippen LogP contribution in [0.2, 0.25) is 0 Å². The van der Waals surface area contributed by atoms with Crippen LogP contribution in [0.3, 0.4) is 0 Å². The van der Waals surface area contributed by atoms with E-state index in [9.17, 15) is 17.4 Å². The zero-order chi connectivity index (χ0) is 13.9. The highest BCUT2D eigenvalue weighted by atomic mass is 32.2. The molecule has 9 heteroatoms. The molecule has 2 atom stereocenters. The van der Waals surface area contributed by atoms with Crippen LogP contribution in [-0.4, -0.2) is 41.8 Å². The van der Waals surface area contributed by atoms with E-state index in [1.54, 1.807) is 6.92 Å². The van der Waals surface area contributed by atoms with Gasteiger partial charge in [-0.15, -0.1) is 11.3 Å². The van der Waals surface area contributed by atoms with Crippen LogP contribution in [0.25, 0.3) is 0 Å². The highest BCUT2D eigenvalue weighted by Crippen LogP contribution is 2.21. The molecule has 1 heterocycles. The Kier molecular flexibility index (Phi) is 5.02. The first kappa shape index (κ1) is 15.3. The Morgan fingerprint density at radius 2 is 2.22 bits per heavy atom. The lowest BCUT2D eigenvalue weighted by Gasteiger charge is -2.10. The van der Waals surface area contributed by atoms with Gasteiger partial charge < -0.3 is 5.11 Å². The minimum absolute atomic E-state index is 0.000347. The fourth-order valence-electron chi connectivity index (χ4n) is 1.09. The van der Waals surface area contributed by atoms with Crippen molar-refractivity contribution in [1.82, 2.24) is 4.72 Å². The van der Waals surface area contributed by atoms with Gasteiger partial charge in [-0.2, -0.15) is 0 Å². The number of carboxylic acids is 1. The van der Waals surface area contributed by atoms with Crippen LogP contribution in [0.15, 0.2) is 16.3 Å². The molecule has 0 aliphatic rings. The molecule has 0 saturated heterocycles. The zero-order valence-corrected chi connectivity index (χ0v) is 12.2. The van der Waals surface area contributed by atoms with Gasteiger partial charge in [0.15, 0.2) is 0 Å². The molecule has 102 valence electrons. The molecule has 0 amide bonds. The van der Waals surface area contributed by atoms with Crippen molar-refractivity contribution in [2.45, 2.75) is 17.1 Å². The van der Waals surface area contributed by atoms with Crippen molar-refractivity contribution < 1.29 is 22.5 Å². The maximum Gasteiger partial charge on any atom is 0.347 e. The summed E-state index contributed by atoms with van der Waals surface area (Å²) < 4.78 is 37.1. The van der Waals surface area contributed by atoms with Gasteiger partial charge in [0, 0.05) is 28.9 Å². The van der Waals surface area contributed by atoms with E-state index in [0.717, 1.165) is 11.3 Å². The average molecular weight is 311 g/mol. The predicted molar refractivity (Wildman–Crippen MR) is 70.0 cm³/mol. The first-order chi connectivity index (χ1) is 8.25. The number of hydrogen-bond acceptors (Lipinski definition) is 5. The maximum atomic E-state index is 11.9. The minimum atomic E-state index is -3.88. The van der Waals surface area contributed by atoms with Crippen LogP contribution in [-0.2, 0) is 20.8 Å². The van der Waals surface area contributed by atoms with E-state index in [2.05, 4.69) is 4.72 Å². The third kappa shape index (κ3) is 3.61. The van der Waals surface area contributed by atoms with Crippen molar-refractivity contribution in [3.8, 4) is 0 Å². The second-order valence-electron chi connectivity index (χ2n) is 3.58. The van der Waals surface area contributed by atoms with Crippen molar-refractivity contribution in [3.63, 3.8) is 0 Å². The molecule has 0 aliphatic heterocycles. The number of thiophene rings is 1. The van der Waals surface area contributed by atoms with Crippen LogP contribution in [0.5, 0.6) is 0 Å². The summed E-state index contributed by atoms with van der Waals surface area (Å²) in [6, 6.07) is 1.24. The van der Waals surface area contributed by atoms with E-state index < -0.39 is 26.8 Å². The van der Waals surface area contributed by atoms with Crippen LogP contribution < -0.4 is 4.72 Å². The van der Waals surface area contributed by atoms with E-state index in [1.807, 2.05) is 0 Å². The summed E-state index contributed by atoms with van der Waals surface area (Å²) in [6.07, 6.45) is 1.48. The Morgan fingerprint density at radius 3 is 2.72 bits per heavy atom. The maximum absolute atomic E-state index is 11.9. The zero-order valence-electron chi connectivity index (χ0n) is 9.74. The van der Waals surface area contributed by atoms with E-state index in [0.29, 0.717) is 0 Å². The number of nitrogens with one attached hydrogen (secondary N) is 1. The number of hydrogen-bond donors (Lipinski definition) is 2. The fourth-order valence-corrected chi connectivity index (χ4v) is 3.90. The Morgan fingerprint density at radius 1 is 1.61 bits per heavy atom. The second-order valence-corrected chi connectivity index (χ2v) is 8.03. The van der Waals surface area contributed by atoms with Crippen molar-refractivity contribution in [1.29, 1.82) is 0 Å². The van der Waals surface area contributed by atoms with Gasteiger partial charge in [-0.3, -0.25) is 4.21 Å². The summed E-state index contributed by atoms with van der Waals surface area (Å²) in [6.45, 7) is 1.64. The molecular weight excluding hydrogens is 298 g/mol. The molecule has 1 rings (SSSR count). The van der Waals surface area contributed by atoms with Gasteiger partial charge in [0.2, 0.25) is 10.0 Å². The lowest BCUT2D eigenvalue weighted by Crippen LogP contribution is -2.33. The Bertz CT molecular complexity index is 563. The molecule has 0 bridgehead atoms. The Hall–Kier alpha value is -0.770. The van der Waals surface area contributed by atoms with E-state index >= 15 is 0 Å². The van der Waals surface area contributed by atoms with Crippen LogP contribution >= 0.6 is 11.3 Å². The molecule has 0 saturated carbocycles. The lowest BCUT2D eigenvalue weighted by atomic mass is 10.5. The van der Waals surface area contributed by atoms with Gasteiger partial charge in [-0.25, -0.2) is 17.9 Å². The molecule has 0 spiro atoms. The van der Waals surface area contributed by atoms with Crippen LogP contribution in [0.1, 0.15) is 16.6 Å². The smallest absolute Gasteiger partial charge is 0.347 e. The molecule has 0 aromatic carbocycles. The van der Waals surface area contributed by atoms with Gasteiger partial charge in [0.05, 0.1) is 0 Å². The van der Waals surface area contributed by atoms with E-state index in [-0.39, 0.29) is 21.6 Å². The minimum Gasteiger partial charge on any atom is -0.477 e. The largest absolute Gasteiger partial charge is 0.477 e. The number of aromatic carboxylic acids is 1. The molecule has 0 aliphatic carbocycles.